The summed E-state index contributed by atoms with van der Waals surface area (Å²) in [6.45, 7) is 0.426. The number of esters is 1. The minimum atomic E-state index is -0.437. The molecule has 0 aromatic heterocycles. The average Bonchev–Trinajstić information content (AvgIpc) is 2.35. The molecule has 0 fully saturated rings. The van der Waals surface area contributed by atoms with Crippen molar-refractivity contribution in [2.75, 3.05) is 19.5 Å². The summed E-state index contributed by atoms with van der Waals surface area (Å²) in [5, 5.41) is 8.36. The topological polar surface area (TPSA) is 85.3 Å². The zero-order chi connectivity index (χ0) is 12.7. The normalized spacial score (nSPS) is 9.41. The Morgan fingerprint density at radius 1 is 1.53 bits per heavy atom. The van der Waals surface area contributed by atoms with Crippen LogP contribution in [0.15, 0.2) is 18.2 Å². The monoisotopic (exact) mass is 234 g/mol. The number of hydrogen-bond donors (Lipinski definition) is 1. The molecule has 0 aliphatic carbocycles. The maximum atomic E-state index is 11.2. The van der Waals surface area contributed by atoms with E-state index < -0.39 is 5.97 Å². The fourth-order valence-electron chi connectivity index (χ4n) is 1.26. The van der Waals surface area contributed by atoms with Crippen LogP contribution in [0, 0.1) is 11.3 Å². The SMILES string of the molecule is COC(=O)c1ccc(OCCCC#N)c(N)c1. The van der Waals surface area contributed by atoms with Gasteiger partial charge in [0.1, 0.15) is 5.75 Å². The molecule has 0 saturated carbocycles. The Bertz CT molecular complexity index is 438. The third-order valence-corrected chi connectivity index (χ3v) is 2.12. The first kappa shape index (κ1) is 12.8. The van der Waals surface area contributed by atoms with Crippen LogP contribution >= 0.6 is 0 Å². The van der Waals surface area contributed by atoms with Crippen LogP contribution < -0.4 is 10.5 Å². The second-order valence-corrected chi connectivity index (χ2v) is 3.35. The Balaban J connectivity index is 2.64. The number of nitriles is 1. The summed E-state index contributed by atoms with van der Waals surface area (Å²) in [6.07, 6.45) is 1.09. The number of unbranched alkanes of at least 4 members (excludes halogenated alkanes) is 1. The minimum absolute atomic E-state index is 0.379. The number of nitrogens with two attached hydrogens (primary N) is 1. The Kier molecular flexibility index (Phi) is 4.82. The standard InChI is InChI=1S/C12H14N2O3/c1-16-12(15)9-4-5-11(10(14)8-9)17-7-3-2-6-13/h4-5,8H,2-3,7,14H2,1H3. The minimum Gasteiger partial charge on any atom is -0.491 e. The van der Waals surface area contributed by atoms with Crippen molar-refractivity contribution in [2.45, 2.75) is 12.8 Å². The van der Waals surface area contributed by atoms with Gasteiger partial charge in [-0.25, -0.2) is 4.79 Å². The number of nitrogens with zero attached hydrogens (tertiary/aromatic N) is 1. The number of carbonyl (C=O) groups is 1. The van der Waals surface area contributed by atoms with Gasteiger partial charge in [-0.3, -0.25) is 0 Å². The lowest BCUT2D eigenvalue weighted by molar-refractivity contribution is 0.0601. The van der Waals surface area contributed by atoms with Gasteiger partial charge in [-0.15, -0.1) is 0 Å². The third-order valence-electron chi connectivity index (χ3n) is 2.12. The van der Waals surface area contributed by atoms with Crippen molar-refractivity contribution in [2.24, 2.45) is 0 Å². The van der Waals surface area contributed by atoms with Crippen LogP contribution in [0.1, 0.15) is 23.2 Å². The van der Waals surface area contributed by atoms with E-state index in [0.29, 0.717) is 36.4 Å². The van der Waals surface area contributed by atoms with Crippen LogP contribution in [-0.4, -0.2) is 19.7 Å². The number of carbonyl (C=O) groups excluding carboxylic acids is 1. The van der Waals surface area contributed by atoms with Gasteiger partial charge in [0, 0.05) is 6.42 Å². The molecule has 5 heteroatoms. The zero-order valence-electron chi connectivity index (χ0n) is 9.60. The van der Waals surface area contributed by atoms with Gasteiger partial charge in [0.25, 0.3) is 0 Å². The van der Waals surface area contributed by atoms with Gasteiger partial charge in [0.05, 0.1) is 31.0 Å². The van der Waals surface area contributed by atoms with E-state index in [1.54, 1.807) is 12.1 Å². The zero-order valence-corrected chi connectivity index (χ0v) is 9.60. The van der Waals surface area contributed by atoms with Crippen LogP contribution in [0.5, 0.6) is 5.75 Å². The molecule has 17 heavy (non-hydrogen) atoms. The molecule has 90 valence electrons. The summed E-state index contributed by atoms with van der Waals surface area (Å²) in [5.41, 5.74) is 6.49. The van der Waals surface area contributed by atoms with E-state index in [2.05, 4.69) is 4.74 Å². The van der Waals surface area contributed by atoms with Crippen molar-refractivity contribution >= 4 is 11.7 Å². The highest BCUT2D eigenvalue weighted by molar-refractivity contribution is 5.90. The molecule has 0 amide bonds. The Morgan fingerprint density at radius 2 is 2.29 bits per heavy atom. The largest absolute Gasteiger partial charge is 0.491 e. The molecule has 0 spiro atoms. The lowest BCUT2D eigenvalue weighted by Gasteiger charge is -2.09. The molecule has 2 N–H and O–H groups in total. The summed E-state index contributed by atoms with van der Waals surface area (Å²) in [5.74, 6) is 0.0725. The summed E-state index contributed by atoms with van der Waals surface area (Å²) >= 11 is 0. The molecule has 1 aromatic rings. The van der Waals surface area contributed by atoms with Crippen LogP contribution in [0.25, 0.3) is 0 Å². The molecule has 0 heterocycles. The number of anilines is 1. The number of rotatable bonds is 5. The van der Waals surface area contributed by atoms with Crippen molar-refractivity contribution in [3.63, 3.8) is 0 Å². The molecular weight excluding hydrogens is 220 g/mol. The Hall–Kier alpha value is -2.22. The second kappa shape index (κ2) is 6.38. The Morgan fingerprint density at radius 3 is 2.88 bits per heavy atom. The predicted octanol–water partition coefficient (Wildman–Crippen LogP) is 1.74. The predicted molar refractivity (Wildman–Crippen MR) is 62.5 cm³/mol. The van der Waals surface area contributed by atoms with Gasteiger partial charge in [-0.1, -0.05) is 0 Å². The Labute approximate surface area is 99.7 Å². The highest BCUT2D eigenvalue weighted by atomic mass is 16.5. The molecule has 1 aromatic carbocycles. The number of ether oxygens (including phenoxy) is 2. The van der Waals surface area contributed by atoms with Crippen LogP contribution in [-0.2, 0) is 4.74 Å². The lowest BCUT2D eigenvalue weighted by Crippen LogP contribution is -2.04. The first-order valence-electron chi connectivity index (χ1n) is 5.16. The summed E-state index contributed by atoms with van der Waals surface area (Å²) in [7, 11) is 1.31. The number of methoxy groups -OCH3 is 1. The fraction of sp³-hybridized carbons (Fsp3) is 0.333. The van der Waals surface area contributed by atoms with Crippen molar-refractivity contribution < 1.29 is 14.3 Å². The maximum Gasteiger partial charge on any atom is 0.337 e. The van der Waals surface area contributed by atoms with E-state index in [0.717, 1.165) is 0 Å². The summed E-state index contributed by atoms with van der Waals surface area (Å²) in [4.78, 5) is 11.2. The number of hydrogen-bond acceptors (Lipinski definition) is 5. The second-order valence-electron chi connectivity index (χ2n) is 3.35. The number of nitrogen functional groups attached to an aromatic ring is 1. The van der Waals surface area contributed by atoms with E-state index in [9.17, 15) is 4.79 Å². The summed E-state index contributed by atoms with van der Waals surface area (Å²) < 4.78 is 9.95. The molecule has 0 aliphatic rings. The quantitative estimate of drug-likeness (QED) is 0.476. The van der Waals surface area contributed by atoms with Crippen molar-refractivity contribution in [1.29, 1.82) is 5.26 Å². The molecule has 0 atom stereocenters. The molecule has 5 nitrogen and oxygen atoms in total. The average molecular weight is 234 g/mol. The molecule has 1 rings (SSSR count). The molecule has 0 unspecified atom stereocenters. The van der Waals surface area contributed by atoms with Gasteiger partial charge < -0.3 is 15.2 Å². The molecule has 0 radical (unpaired) electrons. The molecule has 0 aliphatic heterocycles. The highest BCUT2D eigenvalue weighted by Gasteiger charge is 2.08. The first-order chi connectivity index (χ1) is 8.19. The van der Waals surface area contributed by atoms with E-state index in [-0.39, 0.29) is 0 Å². The molecule has 0 bridgehead atoms. The van der Waals surface area contributed by atoms with Crippen molar-refractivity contribution in [1.82, 2.24) is 0 Å². The van der Waals surface area contributed by atoms with E-state index in [1.807, 2.05) is 6.07 Å². The van der Waals surface area contributed by atoms with E-state index >= 15 is 0 Å². The van der Waals surface area contributed by atoms with Crippen molar-refractivity contribution in [3.8, 4) is 11.8 Å². The van der Waals surface area contributed by atoms with E-state index in [4.69, 9.17) is 15.7 Å². The lowest BCUT2D eigenvalue weighted by atomic mass is 10.2. The maximum absolute atomic E-state index is 11.2. The first-order valence-corrected chi connectivity index (χ1v) is 5.16. The van der Waals surface area contributed by atoms with Gasteiger partial charge in [0.15, 0.2) is 0 Å². The van der Waals surface area contributed by atoms with Gasteiger partial charge in [-0.2, -0.15) is 5.26 Å². The summed E-state index contributed by atoms with van der Waals surface area (Å²) in [6, 6.07) is 6.74. The fourth-order valence-corrected chi connectivity index (χ4v) is 1.26. The van der Waals surface area contributed by atoms with Gasteiger partial charge >= 0.3 is 5.97 Å². The van der Waals surface area contributed by atoms with Crippen LogP contribution in [0.4, 0.5) is 5.69 Å². The third kappa shape index (κ3) is 3.68. The van der Waals surface area contributed by atoms with Crippen molar-refractivity contribution in [3.05, 3.63) is 23.8 Å². The smallest absolute Gasteiger partial charge is 0.337 e. The van der Waals surface area contributed by atoms with Crippen LogP contribution in [0.3, 0.4) is 0 Å². The number of benzene rings is 1. The van der Waals surface area contributed by atoms with Gasteiger partial charge in [-0.05, 0) is 24.6 Å². The van der Waals surface area contributed by atoms with E-state index in [1.165, 1.54) is 13.2 Å². The molecular formula is C12H14N2O3. The van der Waals surface area contributed by atoms with Crippen LogP contribution in [0.2, 0.25) is 0 Å². The highest BCUT2D eigenvalue weighted by Crippen LogP contribution is 2.23. The van der Waals surface area contributed by atoms with Gasteiger partial charge in [0.2, 0.25) is 0 Å². The molecule has 0 saturated heterocycles.